The molecule has 1 amide bonds. The van der Waals surface area contributed by atoms with Gasteiger partial charge in [0, 0.05) is 28.0 Å². The van der Waals surface area contributed by atoms with Crippen LogP contribution in [0, 0.1) is 6.92 Å². The van der Waals surface area contributed by atoms with Gasteiger partial charge in [0.2, 0.25) is 0 Å². The van der Waals surface area contributed by atoms with Gasteiger partial charge in [-0.25, -0.2) is 0 Å². The molecule has 3 N–H and O–H groups in total. The molecule has 0 bridgehead atoms. The highest BCUT2D eigenvalue weighted by molar-refractivity contribution is 9.10. The van der Waals surface area contributed by atoms with Gasteiger partial charge in [-0.3, -0.25) is 4.79 Å². The van der Waals surface area contributed by atoms with Crippen LogP contribution < -0.4 is 20.1 Å². The molecule has 7 heteroatoms. The first kappa shape index (κ1) is 21.5. The number of anilines is 2. The van der Waals surface area contributed by atoms with Crippen molar-refractivity contribution in [2.45, 2.75) is 13.5 Å². The van der Waals surface area contributed by atoms with Crippen LogP contribution in [0.1, 0.15) is 11.1 Å². The summed E-state index contributed by atoms with van der Waals surface area (Å²) in [5.74, 6) is 0.950. The highest BCUT2D eigenvalue weighted by Gasteiger charge is 2.16. The molecule has 0 heterocycles. The number of amides is 1. The van der Waals surface area contributed by atoms with E-state index in [9.17, 15) is 9.90 Å². The third kappa shape index (κ3) is 5.67. The molecule has 0 saturated heterocycles. The van der Waals surface area contributed by atoms with Crippen LogP contribution in [0.3, 0.4) is 0 Å². The summed E-state index contributed by atoms with van der Waals surface area (Å²) < 4.78 is 12.1. The Hall–Kier alpha value is -3.19. The van der Waals surface area contributed by atoms with Gasteiger partial charge in [-0.05, 0) is 55.5 Å². The van der Waals surface area contributed by atoms with Gasteiger partial charge >= 0.3 is 0 Å². The first-order chi connectivity index (χ1) is 14.5. The zero-order valence-electron chi connectivity index (χ0n) is 16.7. The molecule has 0 aliphatic rings. The van der Waals surface area contributed by atoms with E-state index in [-0.39, 0.29) is 18.3 Å². The first-order valence-corrected chi connectivity index (χ1v) is 10.1. The molecular formula is C23H23BrN2O4. The van der Waals surface area contributed by atoms with Crippen LogP contribution in [-0.2, 0) is 11.3 Å². The summed E-state index contributed by atoms with van der Waals surface area (Å²) in [4.78, 5) is 12.3. The van der Waals surface area contributed by atoms with E-state index in [2.05, 4.69) is 26.6 Å². The normalized spacial score (nSPS) is 10.4. The smallest absolute Gasteiger partial charge is 0.262 e. The van der Waals surface area contributed by atoms with Crippen molar-refractivity contribution in [3.63, 3.8) is 0 Å². The highest BCUT2D eigenvalue weighted by atomic mass is 79.9. The van der Waals surface area contributed by atoms with E-state index in [1.165, 1.54) is 0 Å². The third-order valence-corrected chi connectivity index (χ3v) is 5.15. The maximum absolute atomic E-state index is 12.3. The molecule has 3 aromatic rings. The lowest BCUT2D eigenvalue weighted by Gasteiger charge is -2.17. The van der Waals surface area contributed by atoms with Crippen molar-refractivity contribution in [2.24, 2.45) is 0 Å². The van der Waals surface area contributed by atoms with Crippen molar-refractivity contribution in [2.75, 3.05) is 24.4 Å². The quantitative estimate of drug-likeness (QED) is 0.399. The minimum absolute atomic E-state index is 0.160. The number of nitrogens with one attached hydrogen (secondary N) is 2. The lowest BCUT2D eigenvalue weighted by atomic mass is 10.1. The molecule has 0 aliphatic heterocycles. The number of carbonyl (C=O) groups is 1. The number of phenols is 1. The fraction of sp³-hybridized carbons (Fsp3) is 0.174. The number of ether oxygens (including phenoxy) is 2. The van der Waals surface area contributed by atoms with Gasteiger partial charge in [0.25, 0.3) is 5.91 Å². The lowest BCUT2D eigenvalue weighted by Crippen LogP contribution is -2.21. The maximum Gasteiger partial charge on any atom is 0.262 e. The topological polar surface area (TPSA) is 79.8 Å². The molecule has 6 nitrogen and oxygen atoms in total. The Morgan fingerprint density at radius 1 is 1.00 bits per heavy atom. The van der Waals surface area contributed by atoms with E-state index in [4.69, 9.17) is 9.47 Å². The van der Waals surface area contributed by atoms with Crippen molar-refractivity contribution in [1.82, 2.24) is 0 Å². The van der Waals surface area contributed by atoms with Crippen LogP contribution in [0.4, 0.5) is 11.4 Å². The molecule has 30 heavy (non-hydrogen) atoms. The third-order valence-electron chi connectivity index (χ3n) is 4.41. The zero-order chi connectivity index (χ0) is 21.5. The van der Waals surface area contributed by atoms with Crippen LogP contribution in [0.25, 0.3) is 0 Å². The molecular weight excluding hydrogens is 448 g/mol. The molecule has 0 unspecified atom stereocenters. The number of phenolic OH excluding ortho intramolecular Hbond substituents is 1. The summed E-state index contributed by atoms with van der Waals surface area (Å²) in [5, 5.41) is 15.5. The number of carbonyl (C=O) groups excluding carboxylic acids is 1. The van der Waals surface area contributed by atoms with Crippen LogP contribution in [0.5, 0.6) is 17.2 Å². The molecule has 0 atom stereocenters. The fourth-order valence-corrected chi connectivity index (χ4v) is 3.26. The van der Waals surface area contributed by atoms with Gasteiger partial charge < -0.3 is 25.2 Å². The van der Waals surface area contributed by atoms with E-state index in [0.29, 0.717) is 23.7 Å². The van der Waals surface area contributed by atoms with Crippen LogP contribution in [0.2, 0.25) is 0 Å². The summed E-state index contributed by atoms with van der Waals surface area (Å²) in [6.45, 7) is 2.26. The predicted molar refractivity (Wildman–Crippen MR) is 121 cm³/mol. The average Bonchev–Trinajstić information content (AvgIpc) is 2.74. The number of halogens is 1. The highest BCUT2D eigenvalue weighted by Crippen LogP contribution is 2.37. The van der Waals surface area contributed by atoms with Crippen molar-refractivity contribution >= 4 is 33.2 Å². The largest absolute Gasteiger partial charge is 0.508 e. The molecule has 0 radical (unpaired) electrons. The molecule has 3 rings (SSSR count). The summed E-state index contributed by atoms with van der Waals surface area (Å²) in [5.41, 5.74) is 3.48. The Balaban J connectivity index is 1.71. The minimum Gasteiger partial charge on any atom is -0.508 e. The Bertz CT molecular complexity index is 1000. The predicted octanol–water partition coefficient (Wildman–Crippen LogP) is 5.10. The van der Waals surface area contributed by atoms with Crippen LogP contribution in [0.15, 0.2) is 65.1 Å². The number of rotatable bonds is 8. The molecule has 156 valence electrons. The van der Waals surface area contributed by atoms with Gasteiger partial charge in [-0.2, -0.15) is 0 Å². The molecule has 0 spiro atoms. The van der Waals surface area contributed by atoms with Crippen molar-refractivity contribution in [3.05, 3.63) is 76.3 Å². The average molecular weight is 471 g/mol. The Kier molecular flexibility index (Phi) is 7.19. The fourth-order valence-electron chi connectivity index (χ4n) is 2.81. The number of aryl methyl sites for hydroxylation is 1. The second kappa shape index (κ2) is 10.0. The monoisotopic (exact) mass is 470 g/mol. The summed E-state index contributed by atoms with van der Waals surface area (Å²) in [7, 11) is 1.56. The van der Waals surface area contributed by atoms with E-state index < -0.39 is 0 Å². The standard InChI is InChI=1S/C23H23BrN2O4/c1-15-3-5-17(6-4-15)26-22(28)14-30-23-19(20(24)11-12-21(23)29-2)13-25-16-7-9-18(27)10-8-16/h3-12,25,27H,13-14H2,1-2H3,(H,26,28). The summed E-state index contributed by atoms with van der Waals surface area (Å²) in [6, 6.07) is 18.0. The number of hydrogen-bond acceptors (Lipinski definition) is 5. The SMILES string of the molecule is COc1ccc(Br)c(CNc2ccc(O)cc2)c1OCC(=O)Nc1ccc(C)cc1. The van der Waals surface area contributed by atoms with Crippen molar-refractivity contribution < 1.29 is 19.4 Å². The Morgan fingerprint density at radius 2 is 1.67 bits per heavy atom. The number of methoxy groups -OCH3 is 1. The summed E-state index contributed by atoms with van der Waals surface area (Å²) >= 11 is 3.55. The maximum atomic E-state index is 12.3. The molecule has 3 aromatic carbocycles. The number of aromatic hydroxyl groups is 1. The second-order valence-electron chi connectivity index (χ2n) is 6.66. The Labute approximate surface area is 184 Å². The van der Waals surface area contributed by atoms with E-state index in [0.717, 1.165) is 21.3 Å². The van der Waals surface area contributed by atoms with Gasteiger partial charge in [0.05, 0.1) is 7.11 Å². The molecule has 0 aromatic heterocycles. The van der Waals surface area contributed by atoms with Crippen molar-refractivity contribution in [1.29, 1.82) is 0 Å². The van der Waals surface area contributed by atoms with Gasteiger partial charge in [0.15, 0.2) is 18.1 Å². The zero-order valence-corrected chi connectivity index (χ0v) is 18.3. The molecule has 0 saturated carbocycles. The molecule has 0 fully saturated rings. The van der Waals surface area contributed by atoms with E-state index in [1.807, 2.05) is 37.3 Å². The van der Waals surface area contributed by atoms with Gasteiger partial charge in [-0.1, -0.05) is 33.6 Å². The van der Waals surface area contributed by atoms with Gasteiger partial charge in [0.1, 0.15) is 5.75 Å². The number of hydrogen-bond donors (Lipinski definition) is 3. The first-order valence-electron chi connectivity index (χ1n) is 9.34. The Morgan fingerprint density at radius 3 is 2.33 bits per heavy atom. The number of benzene rings is 3. The van der Waals surface area contributed by atoms with Gasteiger partial charge in [-0.15, -0.1) is 0 Å². The van der Waals surface area contributed by atoms with Crippen LogP contribution in [-0.4, -0.2) is 24.7 Å². The lowest BCUT2D eigenvalue weighted by molar-refractivity contribution is -0.118. The second-order valence-corrected chi connectivity index (χ2v) is 7.51. The van der Waals surface area contributed by atoms with E-state index >= 15 is 0 Å². The van der Waals surface area contributed by atoms with Crippen molar-refractivity contribution in [3.8, 4) is 17.2 Å². The summed E-state index contributed by atoms with van der Waals surface area (Å²) in [6.07, 6.45) is 0. The van der Waals surface area contributed by atoms with E-state index in [1.54, 1.807) is 37.4 Å². The molecule has 0 aliphatic carbocycles. The minimum atomic E-state index is -0.265. The van der Waals surface area contributed by atoms with Crippen LogP contribution >= 0.6 is 15.9 Å².